The van der Waals surface area contributed by atoms with Gasteiger partial charge >= 0.3 is 0 Å². The van der Waals surface area contributed by atoms with E-state index >= 15 is 0 Å². The molecule has 86 valence electrons. The summed E-state index contributed by atoms with van der Waals surface area (Å²) in [6.45, 7) is -0.315. The number of alkyl halides is 2. The molecule has 0 aliphatic heterocycles. The minimum atomic E-state index is -2.42. The molecule has 0 fully saturated rings. The predicted octanol–water partition coefficient (Wildman–Crippen LogP) is 3.07. The summed E-state index contributed by atoms with van der Waals surface area (Å²) in [6.07, 6.45) is -1.93. The van der Waals surface area contributed by atoms with Gasteiger partial charge in [0.1, 0.15) is 6.61 Å². The minimum absolute atomic E-state index is 0.222. The first-order valence-electron chi connectivity index (χ1n) is 4.45. The van der Waals surface area contributed by atoms with E-state index in [4.69, 9.17) is 22.1 Å². The molecule has 0 aliphatic rings. The standard InChI is InChI=1S/C9H12ClF2NOS/c10-6-2-4-15-9(6)7(13)1-3-14-5-8(11)12/h2,4,7-8H,1,3,5,13H2. The van der Waals surface area contributed by atoms with Gasteiger partial charge in [0.15, 0.2) is 0 Å². The van der Waals surface area contributed by atoms with E-state index in [2.05, 4.69) is 0 Å². The molecule has 1 atom stereocenters. The summed E-state index contributed by atoms with van der Waals surface area (Å²) in [6, 6.07) is 1.52. The quantitative estimate of drug-likeness (QED) is 0.793. The fourth-order valence-corrected chi connectivity index (χ4v) is 2.32. The number of thiophene rings is 1. The van der Waals surface area contributed by atoms with E-state index in [0.29, 0.717) is 11.4 Å². The molecule has 2 nitrogen and oxygen atoms in total. The minimum Gasteiger partial charge on any atom is -0.375 e. The second-order valence-electron chi connectivity index (χ2n) is 2.99. The van der Waals surface area contributed by atoms with E-state index in [9.17, 15) is 8.78 Å². The maximum absolute atomic E-state index is 11.7. The molecule has 0 bridgehead atoms. The number of hydrogen-bond acceptors (Lipinski definition) is 3. The summed E-state index contributed by atoms with van der Waals surface area (Å²) in [4.78, 5) is 0.873. The summed E-state index contributed by atoms with van der Waals surface area (Å²) < 4.78 is 28.2. The van der Waals surface area contributed by atoms with Crippen LogP contribution < -0.4 is 5.73 Å². The zero-order valence-electron chi connectivity index (χ0n) is 7.96. The van der Waals surface area contributed by atoms with Gasteiger partial charge < -0.3 is 10.5 Å². The fraction of sp³-hybridized carbons (Fsp3) is 0.556. The Kier molecular flexibility index (Phi) is 5.45. The number of ether oxygens (including phenoxy) is 1. The van der Waals surface area contributed by atoms with Crippen LogP contribution in [-0.2, 0) is 4.74 Å². The zero-order valence-corrected chi connectivity index (χ0v) is 9.53. The maximum Gasteiger partial charge on any atom is 0.261 e. The van der Waals surface area contributed by atoms with Crippen molar-refractivity contribution in [3.8, 4) is 0 Å². The molecule has 0 saturated carbocycles. The third-order valence-electron chi connectivity index (χ3n) is 1.80. The van der Waals surface area contributed by atoms with Crippen molar-refractivity contribution >= 4 is 22.9 Å². The van der Waals surface area contributed by atoms with E-state index in [1.165, 1.54) is 11.3 Å². The van der Waals surface area contributed by atoms with Crippen LogP contribution in [-0.4, -0.2) is 19.6 Å². The summed E-state index contributed by atoms with van der Waals surface area (Å²) in [5.41, 5.74) is 5.82. The van der Waals surface area contributed by atoms with E-state index in [-0.39, 0.29) is 12.6 Å². The van der Waals surface area contributed by atoms with Gasteiger partial charge in [-0.25, -0.2) is 8.78 Å². The molecule has 6 heteroatoms. The van der Waals surface area contributed by atoms with Gasteiger partial charge in [-0.05, 0) is 17.9 Å². The SMILES string of the molecule is NC(CCOCC(F)F)c1sccc1Cl. The first kappa shape index (κ1) is 12.8. The zero-order chi connectivity index (χ0) is 11.3. The Morgan fingerprint density at radius 2 is 2.27 bits per heavy atom. The van der Waals surface area contributed by atoms with Crippen LogP contribution in [0.3, 0.4) is 0 Å². The van der Waals surface area contributed by atoms with Gasteiger partial charge in [0.25, 0.3) is 6.43 Å². The van der Waals surface area contributed by atoms with Crippen LogP contribution >= 0.6 is 22.9 Å². The molecule has 0 amide bonds. The molecule has 0 spiro atoms. The third-order valence-corrected chi connectivity index (χ3v) is 3.29. The van der Waals surface area contributed by atoms with Gasteiger partial charge in [0.05, 0.1) is 5.02 Å². The highest BCUT2D eigenvalue weighted by molar-refractivity contribution is 7.10. The van der Waals surface area contributed by atoms with Crippen LogP contribution in [0.1, 0.15) is 17.3 Å². The topological polar surface area (TPSA) is 35.2 Å². The van der Waals surface area contributed by atoms with Crippen LogP contribution in [0.15, 0.2) is 11.4 Å². The van der Waals surface area contributed by atoms with Crippen molar-refractivity contribution in [3.63, 3.8) is 0 Å². The van der Waals surface area contributed by atoms with Crippen molar-refractivity contribution in [2.75, 3.05) is 13.2 Å². The smallest absolute Gasteiger partial charge is 0.261 e. The Morgan fingerprint density at radius 1 is 1.53 bits per heavy atom. The highest BCUT2D eigenvalue weighted by atomic mass is 35.5. The largest absolute Gasteiger partial charge is 0.375 e. The second-order valence-corrected chi connectivity index (χ2v) is 4.35. The Hall–Kier alpha value is -0.230. The summed E-state index contributed by atoms with van der Waals surface area (Å²) in [7, 11) is 0. The van der Waals surface area contributed by atoms with Crippen LogP contribution in [0.2, 0.25) is 5.02 Å². The lowest BCUT2D eigenvalue weighted by atomic mass is 10.2. The average molecular weight is 256 g/mol. The molecular formula is C9H12ClF2NOS. The summed E-state index contributed by atoms with van der Waals surface area (Å²) in [5, 5.41) is 2.47. The molecular weight excluding hydrogens is 244 g/mol. The van der Waals surface area contributed by atoms with Gasteiger partial charge in [0.2, 0.25) is 0 Å². The number of nitrogens with two attached hydrogens (primary N) is 1. The highest BCUT2D eigenvalue weighted by Crippen LogP contribution is 2.28. The van der Waals surface area contributed by atoms with E-state index in [1.807, 2.05) is 5.38 Å². The Balaban J connectivity index is 2.25. The van der Waals surface area contributed by atoms with E-state index < -0.39 is 13.0 Å². The molecule has 2 N–H and O–H groups in total. The first-order chi connectivity index (χ1) is 7.11. The normalized spacial score (nSPS) is 13.4. The molecule has 1 rings (SSSR count). The van der Waals surface area contributed by atoms with Crippen molar-refractivity contribution in [1.82, 2.24) is 0 Å². The van der Waals surface area contributed by atoms with Crippen molar-refractivity contribution in [1.29, 1.82) is 0 Å². The van der Waals surface area contributed by atoms with Crippen LogP contribution in [0.4, 0.5) is 8.78 Å². The van der Waals surface area contributed by atoms with E-state index in [1.54, 1.807) is 6.07 Å². The lowest BCUT2D eigenvalue weighted by Crippen LogP contribution is -2.14. The molecule has 0 aliphatic carbocycles. The molecule has 1 aromatic heterocycles. The van der Waals surface area contributed by atoms with Gasteiger partial charge in [-0.2, -0.15) is 0 Å². The van der Waals surface area contributed by atoms with Gasteiger partial charge in [-0.3, -0.25) is 0 Å². The molecule has 1 unspecified atom stereocenters. The summed E-state index contributed by atoms with van der Waals surface area (Å²) >= 11 is 7.33. The van der Waals surface area contributed by atoms with Crippen molar-refractivity contribution in [2.24, 2.45) is 5.73 Å². The Bertz CT molecular complexity index is 295. The lowest BCUT2D eigenvalue weighted by molar-refractivity contribution is 0.0153. The number of rotatable bonds is 6. The van der Waals surface area contributed by atoms with Crippen LogP contribution in [0, 0.1) is 0 Å². The first-order valence-corrected chi connectivity index (χ1v) is 5.71. The monoisotopic (exact) mass is 255 g/mol. The molecule has 1 aromatic rings. The van der Waals surface area contributed by atoms with Crippen molar-refractivity contribution in [2.45, 2.75) is 18.9 Å². The van der Waals surface area contributed by atoms with Crippen molar-refractivity contribution < 1.29 is 13.5 Å². The summed E-state index contributed by atoms with van der Waals surface area (Å²) in [5.74, 6) is 0. The van der Waals surface area contributed by atoms with Gasteiger partial charge in [-0.15, -0.1) is 11.3 Å². The Morgan fingerprint density at radius 3 is 2.80 bits per heavy atom. The molecule has 1 heterocycles. The van der Waals surface area contributed by atoms with Gasteiger partial charge in [0, 0.05) is 17.5 Å². The lowest BCUT2D eigenvalue weighted by Gasteiger charge is -2.10. The molecule has 15 heavy (non-hydrogen) atoms. The Labute approximate surface area is 96.0 Å². The molecule has 0 saturated heterocycles. The highest BCUT2D eigenvalue weighted by Gasteiger charge is 2.11. The third kappa shape index (κ3) is 4.42. The molecule has 0 radical (unpaired) electrons. The average Bonchev–Trinajstić information content (AvgIpc) is 2.58. The fourth-order valence-electron chi connectivity index (χ4n) is 1.08. The van der Waals surface area contributed by atoms with Crippen molar-refractivity contribution in [3.05, 3.63) is 21.3 Å². The number of hydrogen-bond donors (Lipinski definition) is 1. The van der Waals surface area contributed by atoms with E-state index in [0.717, 1.165) is 4.88 Å². The molecule has 0 aromatic carbocycles. The van der Waals surface area contributed by atoms with Crippen LogP contribution in [0.25, 0.3) is 0 Å². The second kappa shape index (κ2) is 6.37. The number of halogens is 3. The predicted molar refractivity (Wildman–Crippen MR) is 57.7 cm³/mol. The van der Waals surface area contributed by atoms with Gasteiger partial charge in [-0.1, -0.05) is 11.6 Å². The van der Waals surface area contributed by atoms with Crippen LogP contribution in [0.5, 0.6) is 0 Å². The maximum atomic E-state index is 11.7.